The summed E-state index contributed by atoms with van der Waals surface area (Å²) in [4.78, 5) is 13.4. The second kappa shape index (κ2) is 4.53. The van der Waals surface area contributed by atoms with E-state index in [0.717, 1.165) is 31.0 Å². The van der Waals surface area contributed by atoms with E-state index in [4.69, 9.17) is 4.42 Å². The first-order chi connectivity index (χ1) is 8.31. The summed E-state index contributed by atoms with van der Waals surface area (Å²) in [7, 11) is 0. The van der Waals surface area contributed by atoms with Crippen molar-refractivity contribution in [2.45, 2.75) is 44.8 Å². The summed E-state index contributed by atoms with van der Waals surface area (Å²) in [6.07, 6.45) is 4.25. The molecule has 0 atom stereocenters. The van der Waals surface area contributed by atoms with E-state index in [2.05, 4.69) is 5.32 Å². The summed E-state index contributed by atoms with van der Waals surface area (Å²) in [6, 6.07) is 4.68. The largest absolute Gasteiger partial charge is 0.463 e. The van der Waals surface area contributed by atoms with Crippen molar-refractivity contribution in [3.63, 3.8) is 0 Å². The molecule has 3 rings (SSSR count). The topological polar surface area (TPSA) is 45.5 Å². The highest BCUT2D eigenvalue weighted by molar-refractivity contribution is 5.77. The van der Waals surface area contributed by atoms with Gasteiger partial charge in [0.25, 0.3) is 0 Å². The molecule has 4 nitrogen and oxygen atoms in total. The Balaban J connectivity index is 1.53. The summed E-state index contributed by atoms with van der Waals surface area (Å²) >= 11 is 0. The molecular weight excluding hydrogens is 216 g/mol. The highest BCUT2D eigenvalue weighted by Gasteiger charge is 2.22. The highest BCUT2D eigenvalue weighted by Crippen LogP contribution is 2.20. The first-order valence-corrected chi connectivity index (χ1v) is 6.40. The lowest BCUT2D eigenvalue weighted by atomic mass is 10.4. The van der Waals surface area contributed by atoms with E-state index in [-0.39, 0.29) is 5.91 Å². The first-order valence-electron chi connectivity index (χ1n) is 6.40. The van der Waals surface area contributed by atoms with E-state index < -0.39 is 0 Å². The van der Waals surface area contributed by atoms with Crippen LogP contribution >= 0.6 is 0 Å². The smallest absolute Gasteiger partial charge is 0.223 e. The first kappa shape index (κ1) is 10.8. The zero-order valence-electron chi connectivity index (χ0n) is 9.95. The maximum Gasteiger partial charge on any atom is 0.223 e. The van der Waals surface area contributed by atoms with Crippen molar-refractivity contribution in [2.24, 2.45) is 0 Å². The van der Waals surface area contributed by atoms with Crippen LogP contribution in [-0.4, -0.2) is 23.4 Å². The molecular formula is C13H18N2O2. The Morgan fingerprint density at radius 2 is 2.18 bits per heavy atom. The van der Waals surface area contributed by atoms with Crippen LogP contribution in [0, 0.1) is 0 Å². The van der Waals surface area contributed by atoms with Gasteiger partial charge in [-0.3, -0.25) is 4.79 Å². The molecule has 0 radical (unpaired) electrons. The molecule has 2 fully saturated rings. The number of likely N-dealkylation sites (tertiary alicyclic amines) is 1. The quantitative estimate of drug-likeness (QED) is 0.842. The van der Waals surface area contributed by atoms with Gasteiger partial charge in [0, 0.05) is 19.0 Å². The Hall–Kier alpha value is -1.29. The lowest BCUT2D eigenvalue weighted by molar-refractivity contribution is -0.128. The number of hydrogen-bond donors (Lipinski definition) is 1. The summed E-state index contributed by atoms with van der Waals surface area (Å²) in [6.45, 7) is 2.30. The zero-order valence-corrected chi connectivity index (χ0v) is 9.95. The monoisotopic (exact) mass is 234 g/mol. The zero-order chi connectivity index (χ0) is 11.7. The van der Waals surface area contributed by atoms with Crippen LogP contribution in [0.25, 0.3) is 0 Å². The van der Waals surface area contributed by atoms with E-state index >= 15 is 0 Å². The molecule has 2 heterocycles. The van der Waals surface area contributed by atoms with Crippen molar-refractivity contribution in [3.05, 3.63) is 23.7 Å². The number of rotatable bonds is 5. The van der Waals surface area contributed by atoms with Crippen molar-refractivity contribution >= 4 is 5.91 Å². The molecule has 1 saturated carbocycles. The predicted octanol–water partition coefficient (Wildman–Crippen LogP) is 1.65. The fourth-order valence-corrected chi connectivity index (χ4v) is 2.19. The van der Waals surface area contributed by atoms with Gasteiger partial charge in [0.2, 0.25) is 5.91 Å². The molecule has 1 aliphatic carbocycles. The van der Waals surface area contributed by atoms with Crippen molar-refractivity contribution < 1.29 is 9.21 Å². The lowest BCUT2D eigenvalue weighted by Crippen LogP contribution is -2.23. The summed E-state index contributed by atoms with van der Waals surface area (Å²) in [5.41, 5.74) is 0. The third-order valence-electron chi connectivity index (χ3n) is 3.38. The lowest BCUT2D eigenvalue weighted by Gasteiger charge is -2.12. The summed E-state index contributed by atoms with van der Waals surface area (Å²) < 4.78 is 5.72. The Morgan fingerprint density at radius 1 is 1.35 bits per heavy atom. The van der Waals surface area contributed by atoms with Crippen LogP contribution in [0.15, 0.2) is 16.5 Å². The molecule has 1 aromatic heterocycles. The van der Waals surface area contributed by atoms with Gasteiger partial charge in [-0.15, -0.1) is 0 Å². The third kappa shape index (κ3) is 2.69. The van der Waals surface area contributed by atoms with Crippen LogP contribution in [0.5, 0.6) is 0 Å². The van der Waals surface area contributed by atoms with E-state index in [9.17, 15) is 4.79 Å². The molecule has 0 unspecified atom stereocenters. The minimum absolute atomic E-state index is 0.249. The van der Waals surface area contributed by atoms with E-state index in [1.807, 2.05) is 17.0 Å². The summed E-state index contributed by atoms with van der Waals surface area (Å²) in [5.74, 6) is 2.12. The van der Waals surface area contributed by atoms with Crippen LogP contribution in [0.1, 0.15) is 37.2 Å². The van der Waals surface area contributed by atoms with Gasteiger partial charge in [-0.25, -0.2) is 0 Å². The highest BCUT2D eigenvalue weighted by atomic mass is 16.3. The van der Waals surface area contributed by atoms with Crippen molar-refractivity contribution in [1.82, 2.24) is 10.2 Å². The number of amides is 1. The Labute approximate surface area is 101 Å². The van der Waals surface area contributed by atoms with Gasteiger partial charge >= 0.3 is 0 Å². The third-order valence-corrected chi connectivity index (χ3v) is 3.38. The van der Waals surface area contributed by atoms with Gasteiger partial charge in [0.05, 0.1) is 13.1 Å². The van der Waals surface area contributed by atoms with Crippen molar-refractivity contribution in [3.8, 4) is 0 Å². The number of nitrogens with one attached hydrogen (secondary N) is 1. The van der Waals surface area contributed by atoms with E-state index in [0.29, 0.717) is 19.0 Å². The second-order valence-corrected chi connectivity index (χ2v) is 4.94. The molecule has 1 aromatic rings. The number of furan rings is 1. The summed E-state index contributed by atoms with van der Waals surface area (Å²) in [5, 5.41) is 3.41. The number of carbonyl (C=O) groups is 1. The maximum absolute atomic E-state index is 11.5. The molecule has 0 spiro atoms. The molecule has 0 bridgehead atoms. The van der Waals surface area contributed by atoms with Gasteiger partial charge in [0.15, 0.2) is 0 Å². The normalized spacial score (nSPS) is 20.2. The number of hydrogen-bond acceptors (Lipinski definition) is 3. The molecule has 2 aliphatic rings. The van der Waals surface area contributed by atoms with Crippen LogP contribution in [0.2, 0.25) is 0 Å². The minimum Gasteiger partial charge on any atom is -0.463 e. The molecule has 1 saturated heterocycles. The van der Waals surface area contributed by atoms with Gasteiger partial charge in [-0.05, 0) is 31.4 Å². The molecule has 0 aromatic carbocycles. The Morgan fingerprint density at radius 3 is 2.88 bits per heavy atom. The Bertz CT molecular complexity index is 409. The average Bonchev–Trinajstić information content (AvgIpc) is 2.92. The minimum atomic E-state index is 0.249. The number of carbonyl (C=O) groups excluding carboxylic acids is 1. The molecule has 1 aliphatic heterocycles. The van der Waals surface area contributed by atoms with Gasteiger partial charge in [0.1, 0.15) is 11.5 Å². The van der Waals surface area contributed by atoms with Crippen molar-refractivity contribution in [1.29, 1.82) is 0 Å². The second-order valence-electron chi connectivity index (χ2n) is 4.94. The maximum atomic E-state index is 11.5. The van der Waals surface area contributed by atoms with Crippen LogP contribution in [-0.2, 0) is 17.9 Å². The fourth-order valence-electron chi connectivity index (χ4n) is 2.19. The molecule has 1 N–H and O–H groups in total. The Kier molecular flexibility index (Phi) is 2.89. The van der Waals surface area contributed by atoms with Crippen molar-refractivity contribution in [2.75, 3.05) is 6.54 Å². The fraction of sp³-hybridized carbons (Fsp3) is 0.615. The molecule has 17 heavy (non-hydrogen) atoms. The van der Waals surface area contributed by atoms with Gasteiger partial charge in [-0.2, -0.15) is 0 Å². The van der Waals surface area contributed by atoms with Crippen LogP contribution in [0.3, 0.4) is 0 Å². The van der Waals surface area contributed by atoms with Crippen LogP contribution in [0.4, 0.5) is 0 Å². The SMILES string of the molecule is O=C1CCCN1Cc1ccc(CNC2CC2)o1. The predicted molar refractivity (Wildman–Crippen MR) is 63.2 cm³/mol. The average molecular weight is 234 g/mol. The molecule has 92 valence electrons. The number of nitrogens with zero attached hydrogens (tertiary/aromatic N) is 1. The standard InChI is InChI=1S/C13H18N2O2/c16-13-2-1-7-15(13)9-12-6-5-11(17-12)8-14-10-3-4-10/h5-6,10,14H,1-4,7-9H2. The molecule has 4 heteroatoms. The van der Waals surface area contributed by atoms with Gasteiger partial charge < -0.3 is 14.6 Å². The van der Waals surface area contributed by atoms with E-state index in [1.54, 1.807) is 0 Å². The van der Waals surface area contributed by atoms with Crippen LogP contribution < -0.4 is 5.32 Å². The van der Waals surface area contributed by atoms with E-state index in [1.165, 1.54) is 12.8 Å². The van der Waals surface area contributed by atoms with Gasteiger partial charge in [-0.1, -0.05) is 0 Å². The molecule has 1 amide bonds.